The summed E-state index contributed by atoms with van der Waals surface area (Å²) in [6.07, 6.45) is 0. The van der Waals surface area contributed by atoms with Gasteiger partial charge in [-0.25, -0.2) is 0 Å². The zero-order chi connectivity index (χ0) is 33.7. The SMILES string of the molecule is CC1(C)c2ccccc2-c2c(N(c3ccc(-c4ccccc4)cc3)c3cccc(-c4ccccc4)c3)c(-c3ccccc3)c3ccccc3c21. The van der Waals surface area contributed by atoms with Crippen LogP contribution in [0.15, 0.2) is 188 Å². The molecule has 0 bridgehead atoms. The van der Waals surface area contributed by atoms with Crippen LogP contribution in [0.25, 0.3) is 55.3 Å². The molecular weight excluding hydrogens is 603 g/mol. The van der Waals surface area contributed by atoms with Crippen LogP contribution in [0.3, 0.4) is 0 Å². The van der Waals surface area contributed by atoms with Crippen molar-refractivity contribution >= 4 is 27.8 Å². The van der Waals surface area contributed by atoms with Crippen LogP contribution in [0.1, 0.15) is 25.0 Å². The predicted octanol–water partition coefficient (Wildman–Crippen LogP) is 13.6. The molecule has 0 heterocycles. The first-order valence-electron chi connectivity index (χ1n) is 17.5. The number of anilines is 3. The lowest BCUT2D eigenvalue weighted by Crippen LogP contribution is -2.17. The van der Waals surface area contributed by atoms with Crippen LogP contribution >= 0.6 is 0 Å². The van der Waals surface area contributed by atoms with Crippen LogP contribution in [0.4, 0.5) is 17.1 Å². The molecule has 0 aromatic heterocycles. The molecule has 0 unspecified atom stereocenters. The Morgan fingerprint density at radius 1 is 0.380 bits per heavy atom. The normalized spacial score (nSPS) is 12.8. The van der Waals surface area contributed by atoms with Crippen molar-refractivity contribution < 1.29 is 0 Å². The van der Waals surface area contributed by atoms with E-state index in [1.807, 2.05) is 0 Å². The van der Waals surface area contributed by atoms with Gasteiger partial charge in [-0.15, -0.1) is 0 Å². The minimum atomic E-state index is -0.190. The van der Waals surface area contributed by atoms with Gasteiger partial charge in [0.25, 0.3) is 0 Å². The summed E-state index contributed by atoms with van der Waals surface area (Å²) in [7, 11) is 0. The average Bonchev–Trinajstić information content (AvgIpc) is 3.43. The number of rotatable bonds is 6. The number of benzene rings is 8. The Balaban J connectivity index is 1.42. The molecule has 0 amide bonds. The van der Waals surface area contributed by atoms with E-state index in [0.29, 0.717) is 0 Å². The van der Waals surface area contributed by atoms with E-state index in [4.69, 9.17) is 0 Å². The van der Waals surface area contributed by atoms with Crippen LogP contribution in [0, 0.1) is 0 Å². The fourth-order valence-electron chi connectivity index (χ4n) is 8.13. The van der Waals surface area contributed by atoms with E-state index in [1.54, 1.807) is 0 Å². The fraction of sp³-hybridized carbons (Fsp3) is 0.0612. The van der Waals surface area contributed by atoms with Gasteiger partial charge in [-0.2, -0.15) is 0 Å². The van der Waals surface area contributed by atoms with Crippen molar-refractivity contribution in [3.8, 4) is 44.5 Å². The Morgan fingerprint density at radius 3 is 1.58 bits per heavy atom. The number of fused-ring (bicyclic) bond motifs is 5. The smallest absolute Gasteiger partial charge is 0.0628 e. The average molecular weight is 640 g/mol. The predicted molar refractivity (Wildman–Crippen MR) is 213 cm³/mol. The number of nitrogens with zero attached hydrogens (tertiary/aromatic N) is 1. The molecule has 1 aliphatic carbocycles. The van der Waals surface area contributed by atoms with Gasteiger partial charge < -0.3 is 4.90 Å². The molecular formula is C49H37N. The highest BCUT2D eigenvalue weighted by molar-refractivity contribution is 6.15. The van der Waals surface area contributed by atoms with Crippen LogP contribution in [-0.2, 0) is 5.41 Å². The summed E-state index contributed by atoms with van der Waals surface area (Å²) in [5.41, 5.74) is 15.9. The minimum Gasteiger partial charge on any atom is -0.309 e. The third-order valence-electron chi connectivity index (χ3n) is 10.4. The molecule has 0 saturated carbocycles. The highest BCUT2D eigenvalue weighted by atomic mass is 15.1. The van der Waals surface area contributed by atoms with Crippen LogP contribution in [0.5, 0.6) is 0 Å². The van der Waals surface area contributed by atoms with Crippen molar-refractivity contribution in [3.63, 3.8) is 0 Å². The molecule has 9 rings (SSSR count). The largest absolute Gasteiger partial charge is 0.309 e. The van der Waals surface area contributed by atoms with Gasteiger partial charge in [0.1, 0.15) is 0 Å². The zero-order valence-electron chi connectivity index (χ0n) is 28.3. The summed E-state index contributed by atoms with van der Waals surface area (Å²) in [5, 5.41) is 2.57. The third kappa shape index (κ3) is 4.85. The Morgan fingerprint density at radius 2 is 0.900 bits per heavy atom. The molecule has 1 nitrogen and oxygen atoms in total. The number of hydrogen-bond donors (Lipinski definition) is 0. The topological polar surface area (TPSA) is 3.24 Å². The van der Waals surface area contributed by atoms with Gasteiger partial charge >= 0.3 is 0 Å². The summed E-state index contributed by atoms with van der Waals surface area (Å²) in [5.74, 6) is 0. The molecule has 8 aromatic rings. The molecule has 0 aliphatic heterocycles. The first-order chi connectivity index (χ1) is 24.6. The van der Waals surface area contributed by atoms with Crippen molar-refractivity contribution in [2.75, 3.05) is 4.90 Å². The molecule has 0 radical (unpaired) electrons. The molecule has 1 aliphatic rings. The van der Waals surface area contributed by atoms with E-state index in [2.05, 4.69) is 207 Å². The lowest BCUT2D eigenvalue weighted by molar-refractivity contribution is 0.666. The van der Waals surface area contributed by atoms with E-state index >= 15 is 0 Å². The first-order valence-corrected chi connectivity index (χ1v) is 17.5. The molecule has 238 valence electrons. The Kier molecular flexibility index (Phi) is 7.21. The molecule has 0 spiro atoms. The maximum absolute atomic E-state index is 2.52. The maximum atomic E-state index is 2.52. The molecule has 8 aromatic carbocycles. The zero-order valence-corrected chi connectivity index (χ0v) is 28.3. The highest BCUT2D eigenvalue weighted by Gasteiger charge is 2.41. The lowest BCUT2D eigenvalue weighted by Gasteiger charge is -2.33. The van der Waals surface area contributed by atoms with Gasteiger partial charge in [-0.1, -0.05) is 178 Å². The van der Waals surface area contributed by atoms with Crippen molar-refractivity contribution in [2.45, 2.75) is 19.3 Å². The van der Waals surface area contributed by atoms with Crippen molar-refractivity contribution in [1.82, 2.24) is 0 Å². The summed E-state index contributed by atoms with van der Waals surface area (Å²) in [4.78, 5) is 2.52. The molecule has 0 fully saturated rings. The highest BCUT2D eigenvalue weighted by Crippen LogP contribution is 2.60. The van der Waals surface area contributed by atoms with Crippen molar-refractivity contribution in [3.05, 3.63) is 199 Å². The van der Waals surface area contributed by atoms with Gasteiger partial charge in [0, 0.05) is 27.9 Å². The Labute approximate surface area is 294 Å². The third-order valence-corrected chi connectivity index (χ3v) is 10.4. The Bertz CT molecular complexity index is 2480. The Hall–Kier alpha value is -6.18. The van der Waals surface area contributed by atoms with Gasteiger partial charge in [0.2, 0.25) is 0 Å². The molecule has 0 saturated heterocycles. The van der Waals surface area contributed by atoms with E-state index in [0.717, 1.165) is 11.4 Å². The maximum Gasteiger partial charge on any atom is 0.0628 e. The lowest BCUT2D eigenvalue weighted by atomic mass is 9.78. The molecule has 0 N–H and O–H groups in total. The van der Waals surface area contributed by atoms with Crippen molar-refractivity contribution in [2.24, 2.45) is 0 Å². The van der Waals surface area contributed by atoms with E-state index < -0.39 is 0 Å². The summed E-state index contributed by atoms with van der Waals surface area (Å²) >= 11 is 0. The fourth-order valence-corrected chi connectivity index (χ4v) is 8.13. The summed E-state index contributed by atoms with van der Waals surface area (Å²) in [6, 6.07) is 68.5. The van der Waals surface area contributed by atoms with Gasteiger partial charge in [-0.3, -0.25) is 0 Å². The first kappa shape index (κ1) is 29.9. The van der Waals surface area contributed by atoms with Crippen molar-refractivity contribution in [1.29, 1.82) is 0 Å². The van der Waals surface area contributed by atoms with Gasteiger partial charge in [0.05, 0.1) is 5.69 Å². The van der Waals surface area contributed by atoms with E-state index in [1.165, 1.54) is 72.1 Å². The molecule has 50 heavy (non-hydrogen) atoms. The van der Waals surface area contributed by atoms with Gasteiger partial charge in [0.15, 0.2) is 0 Å². The van der Waals surface area contributed by atoms with Crippen LogP contribution < -0.4 is 4.90 Å². The van der Waals surface area contributed by atoms with Crippen LogP contribution in [-0.4, -0.2) is 0 Å². The monoisotopic (exact) mass is 639 g/mol. The van der Waals surface area contributed by atoms with Crippen LogP contribution in [0.2, 0.25) is 0 Å². The summed E-state index contributed by atoms with van der Waals surface area (Å²) < 4.78 is 0. The summed E-state index contributed by atoms with van der Waals surface area (Å²) in [6.45, 7) is 4.79. The number of hydrogen-bond acceptors (Lipinski definition) is 1. The molecule has 1 heteroatoms. The second-order valence-corrected chi connectivity index (χ2v) is 13.7. The standard InChI is InChI=1S/C49H37N/c1-49(2)44-28-15-14-27-43(44)46-47(49)42-26-13-12-25-41(42)45(37-21-10-5-11-22-37)48(46)50(39-31-29-36(30-32-39)34-17-6-3-7-18-34)40-24-16-23-38(33-40)35-19-8-4-9-20-35/h3-33H,1-2H3. The molecule has 0 atom stereocenters. The quantitative estimate of drug-likeness (QED) is 0.175. The second-order valence-electron chi connectivity index (χ2n) is 13.7. The van der Waals surface area contributed by atoms with E-state index in [9.17, 15) is 0 Å². The van der Waals surface area contributed by atoms with E-state index in [-0.39, 0.29) is 5.41 Å². The van der Waals surface area contributed by atoms with Gasteiger partial charge in [-0.05, 0) is 79.5 Å². The second kappa shape index (κ2) is 12.1. The minimum absolute atomic E-state index is 0.190.